The molecule has 0 N–H and O–H groups in total. The SMILES string of the molecule is c1cc2c(s1)CCOC21CCN(Cc2ccc3c(c2)OCCO3)C1. The van der Waals surface area contributed by atoms with Gasteiger partial charge in [-0.1, -0.05) is 6.07 Å². The summed E-state index contributed by atoms with van der Waals surface area (Å²) in [5.41, 5.74) is 2.63. The van der Waals surface area contributed by atoms with Crippen molar-refractivity contribution in [3.63, 3.8) is 0 Å². The fourth-order valence-electron chi connectivity index (χ4n) is 4.13. The summed E-state index contributed by atoms with van der Waals surface area (Å²) in [6.45, 7) is 5.11. The molecule has 3 aliphatic heterocycles. The third-order valence-corrected chi connectivity index (χ3v) is 6.25. The Hall–Kier alpha value is -1.56. The topological polar surface area (TPSA) is 30.9 Å². The van der Waals surface area contributed by atoms with Crippen LogP contribution < -0.4 is 9.47 Å². The number of thiophene rings is 1. The van der Waals surface area contributed by atoms with E-state index < -0.39 is 0 Å². The van der Waals surface area contributed by atoms with E-state index in [2.05, 4.69) is 28.5 Å². The molecular formula is C19H21NO3S. The Kier molecular flexibility index (Phi) is 3.54. The van der Waals surface area contributed by atoms with Gasteiger partial charge in [0, 0.05) is 30.9 Å². The molecule has 0 amide bonds. The molecule has 2 aromatic rings. The predicted molar refractivity (Wildman–Crippen MR) is 93.0 cm³/mol. The number of hydrogen-bond donors (Lipinski definition) is 0. The second kappa shape index (κ2) is 5.76. The maximum Gasteiger partial charge on any atom is 0.161 e. The van der Waals surface area contributed by atoms with E-state index in [1.54, 1.807) is 0 Å². The molecule has 1 spiro atoms. The molecule has 1 atom stereocenters. The smallest absolute Gasteiger partial charge is 0.161 e. The minimum absolute atomic E-state index is 0.0819. The van der Waals surface area contributed by atoms with Crippen LogP contribution in [0.5, 0.6) is 11.5 Å². The van der Waals surface area contributed by atoms with Crippen molar-refractivity contribution in [2.24, 2.45) is 0 Å². The van der Waals surface area contributed by atoms with Crippen LogP contribution in [0.15, 0.2) is 29.6 Å². The summed E-state index contributed by atoms with van der Waals surface area (Å²) in [5, 5.41) is 2.21. The third kappa shape index (κ3) is 2.42. The maximum atomic E-state index is 6.29. The first-order chi connectivity index (χ1) is 11.8. The van der Waals surface area contributed by atoms with Crippen LogP contribution in [-0.2, 0) is 23.3 Å². The molecule has 0 aliphatic carbocycles. The van der Waals surface area contributed by atoms with E-state index in [1.165, 1.54) is 16.0 Å². The first-order valence-electron chi connectivity index (χ1n) is 8.64. The van der Waals surface area contributed by atoms with Gasteiger partial charge in [0.05, 0.1) is 6.61 Å². The standard InChI is InChI=1S/C19H21NO3S/c1-2-16-17(22-9-8-21-16)11-14(1)12-20-6-5-19(13-20)15-4-10-24-18(15)3-7-23-19/h1-2,4,10-11H,3,5-9,12-13H2. The second-order valence-corrected chi connectivity index (χ2v) is 7.79. The van der Waals surface area contributed by atoms with Crippen LogP contribution in [0.25, 0.3) is 0 Å². The average Bonchev–Trinajstić information content (AvgIpc) is 3.24. The Morgan fingerprint density at radius 3 is 2.96 bits per heavy atom. The molecule has 0 bridgehead atoms. The van der Waals surface area contributed by atoms with Crippen molar-refractivity contribution in [1.82, 2.24) is 4.90 Å². The summed E-state index contributed by atoms with van der Waals surface area (Å²) in [5.74, 6) is 1.74. The molecule has 0 radical (unpaired) electrons. The number of rotatable bonds is 2. The van der Waals surface area contributed by atoms with E-state index in [1.807, 2.05) is 17.4 Å². The van der Waals surface area contributed by atoms with Crippen molar-refractivity contribution < 1.29 is 14.2 Å². The fourth-order valence-corrected chi connectivity index (χ4v) is 5.08. The number of nitrogens with zero attached hydrogens (tertiary/aromatic N) is 1. The Labute approximate surface area is 145 Å². The van der Waals surface area contributed by atoms with Crippen LogP contribution in [0.2, 0.25) is 0 Å². The normalized spacial score (nSPS) is 25.8. The number of benzene rings is 1. The van der Waals surface area contributed by atoms with Gasteiger partial charge in [-0.25, -0.2) is 0 Å². The average molecular weight is 343 g/mol. The van der Waals surface area contributed by atoms with E-state index in [0.29, 0.717) is 13.2 Å². The molecule has 5 rings (SSSR count). The van der Waals surface area contributed by atoms with Crippen molar-refractivity contribution in [3.05, 3.63) is 45.6 Å². The van der Waals surface area contributed by atoms with Crippen molar-refractivity contribution in [2.45, 2.75) is 25.0 Å². The van der Waals surface area contributed by atoms with Crippen molar-refractivity contribution >= 4 is 11.3 Å². The highest BCUT2D eigenvalue weighted by atomic mass is 32.1. The lowest BCUT2D eigenvalue weighted by Crippen LogP contribution is -2.37. The predicted octanol–water partition coefficient (Wildman–Crippen LogP) is 3.19. The highest BCUT2D eigenvalue weighted by Crippen LogP contribution is 2.43. The molecule has 24 heavy (non-hydrogen) atoms. The minimum atomic E-state index is -0.0819. The third-order valence-electron chi connectivity index (χ3n) is 5.27. The lowest BCUT2D eigenvalue weighted by atomic mass is 9.90. The molecule has 1 fully saturated rings. The van der Waals surface area contributed by atoms with Crippen LogP contribution in [0.1, 0.15) is 22.4 Å². The lowest BCUT2D eigenvalue weighted by Gasteiger charge is -2.34. The van der Waals surface area contributed by atoms with Gasteiger partial charge < -0.3 is 14.2 Å². The number of ether oxygens (including phenoxy) is 3. The van der Waals surface area contributed by atoms with Crippen LogP contribution in [0, 0.1) is 0 Å². The Morgan fingerprint density at radius 2 is 2.00 bits per heavy atom. The van der Waals surface area contributed by atoms with Gasteiger partial charge in [0.1, 0.15) is 18.8 Å². The molecular weight excluding hydrogens is 322 g/mol. The summed E-state index contributed by atoms with van der Waals surface area (Å²) in [6, 6.07) is 8.57. The Bertz CT molecular complexity index is 759. The van der Waals surface area contributed by atoms with E-state index in [4.69, 9.17) is 14.2 Å². The largest absolute Gasteiger partial charge is 0.486 e. The zero-order valence-corrected chi connectivity index (χ0v) is 14.4. The van der Waals surface area contributed by atoms with Gasteiger partial charge in [-0.15, -0.1) is 11.3 Å². The molecule has 4 nitrogen and oxygen atoms in total. The zero-order valence-electron chi connectivity index (χ0n) is 13.6. The van der Waals surface area contributed by atoms with Crippen molar-refractivity contribution in [1.29, 1.82) is 0 Å². The van der Waals surface area contributed by atoms with Gasteiger partial charge >= 0.3 is 0 Å². The first-order valence-corrected chi connectivity index (χ1v) is 9.52. The molecule has 4 heterocycles. The number of likely N-dealkylation sites (tertiary alicyclic amines) is 1. The fraction of sp³-hybridized carbons (Fsp3) is 0.474. The van der Waals surface area contributed by atoms with Crippen molar-refractivity contribution in [2.75, 3.05) is 32.9 Å². The van der Waals surface area contributed by atoms with Crippen LogP contribution in [0.4, 0.5) is 0 Å². The molecule has 0 saturated carbocycles. The van der Waals surface area contributed by atoms with E-state index in [9.17, 15) is 0 Å². The molecule has 126 valence electrons. The minimum Gasteiger partial charge on any atom is -0.486 e. The van der Waals surface area contributed by atoms with E-state index in [-0.39, 0.29) is 5.60 Å². The summed E-state index contributed by atoms with van der Waals surface area (Å²) in [6.07, 6.45) is 2.15. The Morgan fingerprint density at radius 1 is 1.08 bits per heavy atom. The highest BCUT2D eigenvalue weighted by molar-refractivity contribution is 7.10. The summed E-state index contributed by atoms with van der Waals surface area (Å²) >= 11 is 1.88. The number of hydrogen-bond acceptors (Lipinski definition) is 5. The lowest BCUT2D eigenvalue weighted by molar-refractivity contribution is -0.0512. The van der Waals surface area contributed by atoms with Crippen molar-refractivity contribution in [3.8, 4) is 11.5 Å². The second-order valence-electron chi connectivity index (χ2n) is 6.79. The maximum absolute atomic E-state index is 6.29. The molecule has 1 unspecified atom stereocenters. The summed E-state index contributed by atoms with van der Waals surface area (Å²) in [4.78, 5) is 4.01. The molecule has 5 heteroatoms. The van der Waals surface area contributed by atoms with Crippen LogP contribution in [-0.4, -0.2) is 37.8 Å². The van der Waals surface area contributed by atoms with Crippen LogP contribution >= 0.6 is 11.3 Å². The van der Waals surface area contributed by atoms with E-state index >= 15 is 0 Å². The van der Waals surface area contributed by atoms with Gasteiger partial charge in [-0.2, -0.15) is 0 Å². The Balaban J connectivity index is 1.34. The summed E-state index contributed by atoms with van der Waals surface area (Å²) < 4.78 is 17.6. The first kappa shape index (κ1) is 14.8. The van der Waals surface area contributed by atoms with Gasteiger partial charge in [0.25, 0.3) is 0 Å². The van der Waals surface area contributed by atoms with E-state index in [0.717, 1.165) is 50.6 Å². The zero-order chi connectivity index (χ0) is 16.0. The van der Waals surface area contributed by atoms with Gasteiger partial charge in [0.2, 0.25) is 0 Å². The summed E-state index contributed by atoms with van der Waals surface area (Å²) in [7, 11) is 0. The van der Waals surface area contributed by atoms with Gasteiger partial charge in [0.15, 0.2) is 11.5 Å². The molecule has 1 aromatic carbocycles. The molecule has 3 aliphatic rings. The van der Waals surface area contributed by atoms with Crippen LogP contribution in [0.3, 0.4) is 0 Å². The highest BCUT2D eigenvalue weighted by Gasteiger charge is 2.44. The monoisotopic (exact) mass is 343 g/mol. The number of fused-ring (bicyclic) bond motifs is 3. The van der Waals surface area contributed by atoms with Gasteiger partial charge in [-0.3, -0.25) is 4.90 Å². The quantitative estimate of drug-likeness (QED) is 0.838. The molecule has 1 aromatic heterocycles. The molecule has 1 saturated heterocycles. The van der Waals surface area contributed by atoms with Gasteiger partial charge in [-0.05, 0) is 41.1 Å².